The summed E-state index contributed by atoms with van der Waals surface area (Å²) in [5.74, 6) is 0.0191. The van der Waals surface area contributed by atoms with Crippen LogP contribution in [0.25, 0.3) is 0 Å². The predicted molar refractivity (Wildman–Crippen MR) is 81.4 cm³/mol. The molecule has 18 heavy (non-hydrogen) atoms. The van der Waals surface area contributed by atoms with Gasteiger partial charge in [-0.25, -0.2) is 0 Å². The molecule has 1 amide bonds. The molecule has 1 saturated carbocycles. The molecule has 3 N–H and O–H groups in total. The largest absolute Gasteiger partial charge is 0.354 e. The zero-order valence-electron chi connectivity index (χ0n) is 10.1. The zero-order valence-corrected chi connectivity index (χ0v) is 13.3. The Labute approximate surface area is 126 Å². The lowest BCUT2D eigenvalue weighted by molar-refractivity contribution is -0.126. The highest BCUT2D eigenvalue weighted by atomic mass is 79.9. The van der Waals surface area contributed by atoms with Crippen molar-refractivity contribution >= 4 is 45.6 Å². The summed E-state index contributed by atoms with van der Waals surface area (Å²) in [6.45, 7) is 0.671. The van der Waals surface area contributed by atoms with Crippen molar-refractivity contribution in [3.8, 4) is 0 Å². The van der Waals surface area contributed by atoms with E-state index in [9.17, 15) is 4.79 Å². The maximum Gasteiger partial charge on any atom is 0.240 e. The summed E-state index contributed by atoms with van der Waals surface area (Å²) < 4.78 is 1.13. The van der Waals surface area contributed by atoms with E-state index >= 15 is 0 Å². The van der Waals surface area contributed by atoms with Crippen molar-refractivity contribution in [1.29, 1.82) is 0 Å². The number of amides is 1. The Morgan fingerprint density at radius 2 is 2.11 bits per heavy atom. The van der Waals surface area contributed by atoms with Gasteiger partial charge in [0.25, 0.3) is 0 Å². The van der Waals surface area contributed by atoms with Gasteiger partial charge in [0.05, 0.1) is 9.33 Å². The van der Waals surface area contributed by atoms with Gasteiger partial charge in [-0.2, -0.15) is 0 Å². The van der Waals surface area contributed by atoms with Crippen LogP contribution in [0.1, 0.15) is 30.6 Å². The van der Waals surface area contributed by atoms with Gasteiger partial charge < -0.3 is 11.1 Å². The van der Waals surface area contributed by atoms with Gasteiger partial charge in [-0.05, 0) is 47.3 Å². The molecule has 0 atom stereocenters. The number of rotatable bonds is 4. The van der Waals surface area contributed by atoms with Crippen molar-refractivity contribution < 1.29 is 4.79 Å². The highest BCUT2D eigenvalue weighted by molar-refractivity contribution is 9.11. The summed E-state index contributed by atoms with van der Waals surface area (Å²) in [5.41, 5.74) is 5.47. The maximum absolute atomic E-state index is 11.9. The lowest BCUT2D eigenvalue weighted by Gasteiger charge is -2.22. The van der Waals surface area contributed by atoms with Crippen molar-refractivity contribution in [1.82, 2.24) is 5.32 Å². The van der Waals surface area contributed by atoms with Crippen LogP contribution in [0.3, 0.4) is 0 Å². The van der Waals surface area contributed by atoms with Crippen molar-refractivity contribution in [3.05, 3.63) is 20.8 Å². The first-order valence-corrected chi connectivity index (χ1v) is 7.52. The van der Waals surface area contributed by atoms with E-state index < -0.39 is 5.54 Å². The second kappa shape index (κ2) is 6.89. The first-order chi connectivity index (χ1) is 8.10. The lowest BCUT2D eigenvalue weighted by Crippen LogP contribution is -2.52. The molecular weight excluding hydrogens is 336 g/mol. The molecule has 0 spiro atoms. The minimum atomic E-state index is -0.601. The minimum Gasteiger partial charge on any atom is -0.354 e. The number of hydrogen-bond donors (Lipinski definition) is 2. The molecule has 0 aliphatic heterocycles. The van der Waals surface area contributed by atoms with Crippen molar-refractivity contribution in [2.24, 2.45) is 5.73 Å². The summed E-state index contributed by atoms with van der Waals surface area (Å²) in [7, 11) is 0. The fraction of sp³-hybridized carbons (Fsp3) is 0.583. The molecule has 0 saturated heterocycles. The van der Waals surface area contributed by atoms with Crippen LogP contribution in [0, 0.1) is 0 Å². The highest BCUT2D eigenvalue weighted by Gasteiger charge is 2.36. The van der Waals surface area contributed by atoms with E-state index in [2.05, 4.69) is 27.3 Å². The first kappa shape index (κ1) is 16.0. The van der Waals surface area contributed by atoms with E-state index in [1.807, 2.05) is 6.07 Å². The Kier molecular flexibility index (Phi) is 6.11. The quantitative estimate of drug-likeness (QED) is 0.874. The summed E-state index contributed by atoms with van der Waals surface area (Å²) in [4.78, 5) is 13.2. The number of carbonyl (C=O) groups excluding carboxylic acids is 1. The third-order valence-electron chi connectivity index (χ3n) is 3.23. The molecule has 6 heteroatoms. The Hall–Kier alpha value is -0.100. The van der Waals surface area contributed by atoms with E-state index in [0.717, 1.165) is 35.9 Å². The standard InChI is InChI=1S/C12H17BrN2OS.ClH/c13-10-4-3-9(17-10)5-8-15-11(16)12(14)6-1-2-7-12;/h3-4H,1-2,5-8,14H2,(H,15,16);1H. The first-order valence-electron chi connectivity index (χ1n) is 5.91. The summed E-state index contributed by atoms with van der Waals surface area (Å²) in [6, 6.07) is 4.11. The van der Waals surface area contributed by atoms with E-state index in [-0.39, 0.29) is 18.3 Å². The van der Waals surface area contributed by atoms with Gasteiger partial charge in [0.1, 0.15) is 0 Å². The predicted octanol–water partition coefficient (Wildman–Crippen LogP) is 2.86. The molecule has 0 unspecified atom stereocenters. The minimum absolute atomic E-state index is 0. The third kappa shape index (κ3) is 3.95. The second-order valence-corrected chi connectivity index (χ2v) is 7.12. The SMILES string of the molecule is Cl.NC1(C(=O)NCCc2ccc(Br)s2)CCCC1. The highest BCUT2D eigenvalue weighted by Crippen LogP contribution is 2.27. The monoisotopic (exact) mass is 352 g/mol. The fourth-order valence-electron chi connectivity index (χ4n) is 2.19. The maximum atomic E-state index is 11.9. The second-order valence-electron chi connectivity index (χ2n) is 4.57. The van der Waals surface area contributed by atoms with Gasteiger partial charge in [0.15, 0.2) is 0 Å². The summed E-state index contributed by atoms with van der Waals surface area (Å²) in [6.07, 6.45) is 4.66. The van der Waals surface area contributed by atoms with Crippen molar-refractivity contribution in [2.45, 2.75) is 37.6 Å². The molecule has 0 bridgehead atoms. The molecule has 2 rings (SSSR count). The van der Waals surface area contributed by atoms with Crippen LogP contribution in [-0.2, 0) is 11.2 Å². The summed E-state index contributed by atoms with van der Waals surface area (Å²) in [5, 5.41) is 2.95. The van der Waals surface area contributed by atoms with E-state index in [1.165, 1.54) is 4.88 Å². The number of thiophene rings is 1. The van der Waals surface area contributed by atoms with Gasteiger partial charge in [-0.3, -0.25) is 4.79 Å². The number of nitrogens with two attached hydrogens (primary N) is 1. The molecule has 102 valence electrons. The van der Waals surface area contributed by atoms with Crippen LogP contribution in [0.15, 0.2) is 15.9 Å². The molecule has 1 aliphatic carbocycles. The molecule has 1 aromatic heterocycles. The van der Waals surface area contributed by atoms with Gasteiger partial charge >= 0.3 is 0 Å². The average Bonchev–Trinajstić information content (AvgIpc) is 2.89. The van der Waals surface area contributed by atoms with Crippen LogP contribution in [0.4, 0.5) is 0 Å². The topological polar surface area (TPSA) is 55.1 Å². The number of halogens is 2. The normalized spacial score (nSPS) is 17.2. The Morgan fingerprint density at radius 1 is 1.44 bits per heavy atom. The van der Waals surface area contributed by atoms with Crippen LogP contribution in [-0.4, -0.2) is 18.0 Å². The number of hydrogen-bond acceptors (Lipinski definition) is 3. The van der Waals surface area contributed by atoms with Crippen molar-refractivity contribution in [2.75, 3.05) is 6.54 Å². The molecule has 1 fully saturated rings. The molecule has 0 radical (unpaired) electrons. The Bertz CT molecular complexity index is 405. The van der Waals surface area contributed by atoms with E-state index in [4.69, 9.17) is 5.73 Å². The zero-order chi connectivity index (χ0) is 12.3. The van der Waals surface area contributed by atoms with Crippen LogP contribution in [0.2, 0.25) is 0 Å². The Morgan fingerprint density at radius 3 is 2.67 bits per heavy atom. The third-order valence-corrected chi connectivity index (χ3v) is 4.92. The van der Waals surface area contributed by atoms with Crippen LogP contribution < -0.4 is 11.1 Å². The van der Waals surface area contributed by atoms with Crippen LogP contribution >= 0.6 is 39.7 Å². The van der Waals surface area contributed by atoms with E-state index in [0.29, 0.717) is 6.54 Å². The lowest BCUT2D eigenvalue weighted by atomic mass is 9.98. The molecule has 3 nitrogen and oxygen atoms in total. The van der Waals surface area contributed by atoms with Gasteiger partial charge in [-0.15, -0.1) is 23.7 Å². The fourth-order valence-corrected chi connectivity index (χ4v) is 3.68. The molecule has 1 heterocycles. The van der Waals surface area contributed by atoms with Crippen LogP contribution in [0.5, 0.6) is 0 Å². The van der Waals surface area contributed by atoms with E-state index in [1.54, 1.807) is 11.3 Å². The number of carbonyl (C=O) groups is 1. The van der Waals surface area contributed by atoms with Gasteiger partial charge in [0, 0.05) is 11.4 Å². The molecule has 1 aromatic rings. The molecule has 0 aromatic carbocycles. The number of nitrogens with one attached hydrogen (secondary N) is 1. The molecule has 1 aliphatic rings. The molecular formula is C12H18BrClN2OS. The van der Waals surface area contributed by atoms with Crippen molar-refractivity contribution in [3.63, 3.8) is 0 Å². The average molecular weight is 354 g/mol. The van der Waals surface area contributed by atoms with Gasteiger partial charge in [-0.1, -0.05) is 12.8 Å². The Balaban J connectivity index is 0.00000162. The van der Waals surface area contributed by atoms with Gasteiger partial charge in [0.2, 0.25) is 5.91 Å². The summed E-state index contributed by atoms with van der Waals surface area (Å²) >= 11 is 5.13. The smallest absolute Gasteiger partial charge is 0.240 e.